The number of amides is 1. The number of alkyl halides is 3. The molecule has 3 rings (SSSR count). The smallest absolute Gasteiger partial charge is 0.416 e. The molecule has 1 amide bonds. The summed E-state index contributed by atoms with van der Waals surface area (Å²) in [5.41, 5.74) is 0.842. The van der Waals surface area contributed by atoms with Crippen molar-refractivity contribution >= 4 is 5.91 Å². The number of carbonyl (C=O) groups is 1. The number of rotatable bonds is 7. The lowest BCUT2D eigenvalue weighted by molar-refractivity contribution is -0.137. The highest BCUT2D eigenvalue weighted by atomic mass is 19.4. The molecule has 1 heterocycles. The van der Waals surface area contributed by atoms with Crippen LogP contribution in [0.2, 0.25) is 0 Å². The molecule has 0 aliphatic heterocycles. The minimum Gasteiger partial charge on any atom is -0.421 e. The average Bonchev–Trinajstić information content (AvgIpc) is 3.16. The number of carbonyl (C=O) groups excluding carboxylic acids is 1. The predicted octanol–water partition coefficient (Wildman–Crippen LogP) is 4.05. The molecule has 5 nitrogen and oxygen atoms in total. The van der Waals surface area contributed by atoms with E-state index in [4.69, 9.17) is 4.42 Å². The van der Waals surface area contributed by atoms with Crippen molar-refractivity contribution in [1.82, 2.24) is 15.5 Å². The fourth-order valence-electron chi connectivity index (χ4n) is 2.57. The molecule has 0 spiro atoms. The van der Waals surface area contributed by atoms with Gasteiger partial charge in [-0.1, -0.05) is 30.3 Å². The van der Waals surface area contributed by atoms with Gasteiger partial charge in [-0.2, -0.15) is 13.2 Å². The van der Waals surface area contributed by atoms with E-state index in [0.29, 0.717) is 31.2 Å². The number of hydrogen-bond donors (Lipinski definition) is 1. The number of hydrogen-bond acceptors (Lipinski definition) is 4. The first-order valence-corrected chi connectivity index (χ1v) is 8.72. The lowest BCUT2D eigenvalue weighted by Crippen LogP contribution is -2.25. The zero-order valence-electron chi connectivity index (χ0n) is 14.9. The molecule has 146 valence electrons. The van der Waals surface area contributed by atoms with E-state index in [2.05, 4.69) is 15.5 Å². The van der Waals surface area contributed by atoms with Crippen molar-refractivity contribution in [2.75, 3.05) is 6.54 Å². The Morgan fingerprint density at radius 3 is 2.36 bits per heavy atom. The van der Waals surface area contributed by atoms with Crippen LogP contribution in [0.5, 0.6) is 0 Å². The number of halogens is 3. The van der Waals surface area contributed by atoms with Crippen LogP contribution in [-0.2, 0) is 23.8 Å². The summed E-state index contributed by atoms with van der Waals surface area (Å²) >= 11 is 0. The second kappa shape index (κ2) is 8.69. The van der Waals surface area contributed by atoms with E-state index in [1.165, 1.54) is 12.1 Å². The summed E-state index contributed by atoms with van der Waals surface area (Å²) < 4.78 is 43.1. The van der Waals surface area contributed by atoms with E-state index in [1.807, 2.05) is 30.3 Å². The van der Waals surface area contributed by atoms with Crippen molar-refractivity contribution in [3.8, 4) is 11.5 Å². The summed E-state index contributed by atoms with van der Waals surface area (Å²) in [5, 5.41) is 10.6. The van der Waals surface area contributed by atoms with Crippen LogP contribution in [0.1, 0.15) is 23.4 Å². The SMILES string of the molecule is O=C(CCc1nnc(-c2ccccc2)o1)NCCc1ccc(C(F)(F)F)cc1. The highest BCUT2D eigenvalue weighted by Crippen LogP contribution is 2.29. The van der Waals surface area contributed by atoms with Crippen LogP contribution in [0.4, 0.5) is 13.2 Å². The summed E-state index contributed by atoms with van der Waals surface area (Å²) in [4.78, 5) is 11.9. The van der Waals surface area contributed by atoms with Crippen LogP contribution in [0.15, 0.2) is 59.0 Å². The molecule has 2 aromatic carbocycles. The Balaban J connectivity index is 1.41. The Bertz CT molecular complexity index is 906. The Morgan fingerprint density at radius 1 is 0.964 bits per heavy atom. The number of nitrogens with one attached hydrogen (secondary N) is 1. The van der Waals surface area contributed by atoms with Gasteiger partial charge >= 0.3 is 6.18 Å². The van der Waals surface area contributed by atoms with Crippen molar-refractivity contribution in [2.24, 2.45) is 0 Å². The summed E-state index contributed by atoms with van der Waals surface area (Å²) in [6, 6.07) is 14.2. The first kappa shape index (κ1) is 19.6. The molecule has 0 bridgehead atoms. The van der Waals surface area contributed by atoms with Crippen molar-refractivity contribution < 1.29 is 22.4 Å². The second-order valence-corrected chi connectivity index (χ2v) is 6.16. The third-order valence-electron chi connectivity index (χ3n) is 4.07. The monoisotopic (exact) mass is 389 g/mol. The lowest BCUT2D eigenvalue weighted by atomic mass is 10.1. The molecule has 0 aliphatic carbocycles. The Hall–Kier alpha value is -3.16. The first-order valence-electron chi connectivity index (χ1n) is 8.72. The van der Waals surface area contributed by atoms with E-state index in [9.17, 15) is 18.0 Å². The fraction of sp³-hybridized carbons (Fsp3) is 0.250. The summed E-state index contributed by atoms with van der Waals surface area (Å²) in [6.07, 6.45) is -3.40. The maximum Gasteiger partial charge on any atom is 0.416 e. The van der Waals surface area contributed by atoms with Gasteiger partial charge in [0, 0.05) is 24.9 Å². The van der Waals surface area contributed by atoms with Crippen molar-refractivity contribution in [3.63, 3.8) is 0 Å². The quantitative estimate of drug-likeness (QED) is 0.662. The van der Waals surface area contributed by atoms with Crippen LogP contribution in [0, 0.1) is 0 Å². The van der Waals surface area contributed by atoms with E-state index < -0.39 is 11.7 Å². The number of aryl methyl sites for hydroxylation is 1. The van der Waals surface area contributed by atoms with Gasteiger partial charge in [-0.25, -0.2) is 0 Å². The van der Waals surface area contributed by atoms with E-state index in [-0.39, 0.29) is 12.3 Å². The van der Waals surface area contributed by atoms with E-state index in [1.54, 1.807) is 0 Å². The first-order chi connectivity index (χ1) is 13.4. The second-order valence-electron chi connectivity index (χ2n) is 6.16. The number of benzene rings is 2. The molecule has 0 unspecified atom stereocenters. The minimum atomic E-state index is -4.35. The predicted molar refractivity (Wildman–Crippen MR) is 96.2 cm³/mol. The van der Waals surface area contributed by atoms with Gasteiger partial charge in [0.1, 0.15) is 0 Å². The molecule has 0 fully saturated rings. The topological polar surface area (TPSA) is 68.0 Å². The van der Waals surface area contributed by atoms with Gasteiger partial charge in [0.15, 0.2) is 0 Å². The van der Waals surface area contributed by atoms with Crippen LogP contribution in [0.25, 0.3) is 11.5 Å². The Labute approximate surface area is 159 Å². The number of aromatic nitrogens is 2. The maximum atomic E-state index is 12.5. The van der Waals surface area contributed by atoms with Gasteiger partial charge in [0.2, 0.25) is 17.7 Å². The van der Waals surface area contributed by atoms with Crippen molar-refractivity contribution in [2.45, 2.75) is 25.4 Å². The minimum absolute atomic E-state index is 0.184. The summed E-state index contributed by atoms with van der Waals surface area (Å²) in [7, 11) is 0. The van der Waals surface area contributed by atoms with Crippen molar-refractivity contribution in [1.29, 1.82) is 0 Å². The molecule has 28 heavy (non-hydrogen) atoms. The molecule has 0 saturated heterocycles. The van der Waals surface area contributed by atoms with Crippen LogP contribution in [0.3, 0.4) is 0 Å². The lowest BCUT2D eigenvalue weighted by Gasteiger charge is -2.08. The molecule has 8 heteroatoms. The van der Waals surface area contributed by atoms with Crippen molar-refractivity contribution in [3.05, 3.63) is 71.6 Å². The third kappa shape index (κ3) is 5.42. The largest absolute Gasteiger partial charge is 0.421 e. The fourth-order valence-corrected chi connectivity index (χ4v) is 2.57. The average molecular weight is 389 g/mol. The van der Waals surface area contributed by atoms with Gasteiger partial charge in [-0.15, -0.1) is 10.2 Å². The highest BCUT2D eigenvalue weighted by molar-refractivity contribution is 5.76. The van der Waals surface area contributed by atoms with Gasteiger partial charge < -0.3 is 9.73 Å². The summed E-state index contributed by atoms with van der Waals surface area (Å²) in [5.74, 6) is 0.585. The molecule has 0 atom stereocenters. The van der Waals surface area contributed by atoms with Crippen LogP contribution in [-0.4, -0.2) is 22.6 Å². The van der Waals surface area contributed by atoms with Gasteiger partial charge in [-0.3, -0.25) is 4.79 Å². The highest BCUT2D eigenvalue weighted by Gasteiger charge is 2.29. The molecule has 0 aliphatic rings. The summed E-state index contributed by atoms with van der Waals surface area (Å²) in [6.45, 7) is 0.337. The zero-order chi connectivity index (χ0) is 20.0. The van der Waals surface area contributed by atoms with E-state index in [0.717, 1.165) is 23.3 Å². The molecular weight excluding hydrogens is 371 g/mol. The van der Waals surface area contributed by atoms with Gasteiger partial charge in [-0.05, 0) is 36.2 Å². The molecular formula is C20H18F3N3O2. The van der Waals surface area contributed by atoms with Crippen LogP contribution >= 0.6 is 0 Å². The van der Waals surface area contributed by atoms with Gasteiger partial charge in [0.25, 0.3) is 0 Å². The maximum absolute atomic E-state index is 12.5. The molecule has 0 radical (unpaired) electrons. The standard InChI is InChI=1S/C20H18F3N3O2/c21-20(22,23)16-8-6-14(7-9-16)12-13-24-17(27)10-11-18-25-26-19(28-18)15-4-2-1-3-5-15/h1-9H,10-13H2,(H,24,27). The normalized spacial score (nSPS) is 11.4. The third-order valence-corrected chi connectivity index (χ3v) is 4.07. The molecule has 1 aromatic heterocycles. The Morgan fingerprint density at radius 2 is 1.68 bits per heavy atom. The van der Waals surface area contributed by atoms with Crippen LogP contribution < -0.4 is 5.32 Å². The zero-order valence-corrected chi connectivity index (χ0v) is 14.9. The van der Waals surface area contributed by atoms with E-state index >= 15 is 0 Å². The molecule has 0 saturated carbocycles. The Kier molecular flexibility index (Phi) is 6.08. The number of nitrogens with zero attached hydrogens (tertiary/aromatic N) is 2. The molecule has 3 aromatic rings. The molecule has 1 N–H and O–H groups in total. The van der Waals surface area contributed by atoms with Gasteiger partial charge in [0.05, 0.1) is 5.56 Å².